The Bertz CT molecular complexity index is 690. The van der Waals surface area contributed by atoms with E-state index in [0.29, 0.717) is 10.0 Å². The standard InChI is InChI=1S/C16H14BrCl2NO/c1-20-15(9-2-3-13(18)14(19)7-9)12-8-11(17)6-10-4-5-21-16(10)12/h2-3,6-8,15,20H,4-5H2,1H3. The zero-order chi connectivity index (χ0) is 15.0. The fourth-order valence-electron chi connectivity index (χ4n) is 2.71. The molecule has 5 heteroatoms. The van der Waals surface area contributed by atoms with Crippen molar-refractivity contribution >= 4 is 39.1 Å². The van der Waals surface area contributed by atoms with Crippen molar-refractivity contribution in [3.63, 3.8) is 0 Å². The van der Waals surface area contributed by atoms with Gasteiger partial charge in [-0.05, 0) is 42.4 Å². The van der Waals surface area contributed by atoms with E-state index in [-0.39, 0.29) is 6.04 Å². The smallest absolute Gasteiger partial charge is 0.127 e. The van der Waals surface area contributed by atoms with E-state index >= 15 is 0 Å². The van der Waals surface area contributed by atoms with Gasteiger partial charge in [-0.3, -0.25) is 0 Å². The normalized spacial score (nSPS) is 14.7. The quantitative estimate of drug-likeness (QED) is 0.801. The summed E-state index contributed by atoms with van der Waals surface area (Å²) >= 11 is 15.7. The molecule has 1 atom stereocenters. The van der Waals surface area contributed by atoms with Gasteiger partial charge in [-0.15, -0.1) is 0 Å². The van der Waals surface area contributed by atoms with Gasteiger partial charge in [0.1, 0.15) is 5.75 Å². The lowest BCUT2D eigenvalue weighted by atomic mass is 9.96. The molecular formula is C16H14BrCl2NO. The molecule has 110 valence electrons. The summed E-state index contributed by atoms with van der Waals surface area (Å²) < 4.78 is 6.88. The van der Waals surface area contributed by atoms with Crippen LogP contribution >= 0.6 is 39.1 Å². The molecule has 1 heterocycles. The van der Waals surface area contributed by atoms with Crippen molar-refractivity contribution in [2.24, 2.45) is 0 Å². The fourth-order valence-corrected chi connectivity index (χ4v) is 3.54. The van der Waals surface area contributed by atoms with Crippen LogP contribution in [0.15, 0.2) is 34.8 Å². The van der Waals surface area contributed by atoms with Crippen LogP contribution < -0.4 is 10.1 Å². The average molecular weight is 387 g/mol. The molecule has 3 rings (SSSR count). The lowest BCUT2D eigenvalue weighted by Crippen LogP contribution is -2.18. The Morgan fingerprint density at radius 2 is 2.00 bits per heavy atom. The van der Waals surface area contributed by atoms with Gasteiger partial charge >= 0.3 is 0 Å². The number of hydrogen-bond donors (Lipinski definition) is 1. The highest BCUT2D eigenvalue weighted by molar-refractivity contribution is 9.10. The molecule has 1 N–H and O–H groups in total. The molecule has 0 fully saturated rings. The lowest BCUT2D eigenvalue weighted by molar-refractivity contribution is 0.351. The van der Waals surface area contributed by atoms with Gasteiger partial charge in [-0.25, -0.2) is 0 Å². The third-order valence-electron chi connectivity index (χ3n) is 3.65. The third-order valence-corrected chi connectivity index (χ3v) is 4.85. The molecule has 21 heavy (non-hydrogen) atoms. The van der Waals surface area contributed by atoms with Crippen LogP contribution in [-0.4, -0.2) is 13.7 Å². The first-order valence-corrected chi connectivity index (χ1v) is 8.22. The van der Waals surface area contributed by atoms with Gasteiger partial charge in [-0.1, -0.05) is 45.2 Å². The van der Waals surface area contributed by atoms with Crippen molar-refractivity contribution in [2.75, 3.05) is 13.7 Å². The minimum atomic E-state index is 0.00381. The highest BCUT2D eigenvalue weighted by Crippen LogP contribution is 2.39. The number of benzene rings is 2. The number of fused-ring (bicyclic) bond motifs is 1. The van der Waals surface area contributed by atoms with Gasteiger partial charge in [0, 0.05) is 16.5 Å². The molecule has 2 aromatic rings. The van der Waals surface area contributed by atoms with Crippen LogP contribution in [0.1, 0.15) is 22.7 Å². The van der Waals surface area contributed by atoms with Gasteiger partial charge in [0.25, 0.3) is 0 Å². The zero-order valence-corrected chi connectivity index (χ0v) is 14.5. The minimum Gasteiger partial charge on any atom is -0.493 e. The molecule has 0 aromatic heterocycles. The number of hydrogen-bond acceptors (Lipinski definition) is 2. The van der Waals surface area contributed by atoms with Crippen molar-refractivity contribution in [3.8, 4) is 5.75 Å². The predicted molar refractivity (Wildman–Crippen MR) is 90.7 cm³/mol. The topological polar surface area (TPSA) is 21.3 Å². The Kier molecular flexibility index (Phi) is 4.46. The maximum Gasteiger partial charge on any atom is 0.127 e. The van der Waals surface area contributed by atoms with E-state index in [9.17, 15) is 0 Å². The molecule has 0 amide bonds. The van der Waals surface area contributed by atoms with Crippen molar-refractivity contribution < 1.29 is 4.74 Å². The SMILES string of the molecule is CNC(c1ccc(Cl)c(Cl)c1)c1cc(Br)cc2c1OCC2. The molecule has 1 unspecified atom stereocenters. The molecule has 0 aliphatic carbocycles. The summed E-state index contributed by atoms with van der Waals surface area (Å²) in [5, 5.41) is 4.45. The van der Waals surface area contributed by atoms with Crippen LogP contribution in [0, 0.1) is 0 Å². The fraction of sp³-hybridized carbons (Fsp3) is 0.250. The van der Waals surface area contributed by atoms with E-state index in [0.717, 1.165) is 34.4 Å². The molecule has 0 radical (unpaired) electrons. The predicted octanol–water partition coefficient (Wildman–Crippen LogP) is 5.00. The van der Waals surface area contributed by atoms with E-state index in [1.54, 1.807) is 0 Å². The van der Waals surface area contributed by atoms with E-state index in [2.05, 4.69) is 33.4 Å². The monoisotopic (exact) mass is 385 g/mol. The van der Waals surface area contributed by atoms with Crippen molar-refractivity contribution in [1.82, 2.24) is 5.32 Å². The maximum absolute atomic E-state index is 6.15. The second kappa shape index (κ2) is 6.17. The maximum atomic E-state index is 6.15. The highest BCUT2D eigenvalue weighted by atomic mass is 79.9. The van der Waals surface area contributed by atoms with Gasteiger partial charge in [0.05, 0.1) is 22.7 Å². The Labute approximate surface area is 142 Å². The van der Waals surface area contributed by atoms with Crippen LogP contribution in [0.2, 0.25) is 10.0 Å². The molecule has 0 spiro atoms. The zero-order valence-electron chi connectivity index (χ0n) is 11.4. The average Bonchev–Trinajstić information content (AvgIpc) is 2.91. The van der Waals surface area contributed by atoms with Crippen LogP contribution in [0.3, 0.4) is 0 Å². The molecule has 0 bridgehead atoms. The molecule has 0 saturated heterocycles. The van der Waals surface area contributed by atoms with Gasteiger partial charge in [0.2, 0.25) is 0 Å². The number of nitrogens with one attached hydrogen (secondary N) is 1. The summed E-state index contributed by atoms with van der Waals surface area (Å²) in [5.74, 6) is 0.976. The number of rotatable bonds is 3. The molecular weight excluding hydrogens is 373 g/mol. The molecule has 1 aliphatic heterocycles. The van der Waals surface area contributed by atoms with E-state index in [1.807, 2.05) is 25.2 Å². The second-order valence-corrected chi connectivity index (χ2v) is 6.71. The third kappa shape index (κ3) is 2.93. The van der Waals surface area contributed by atoms with Gasteiger partial charge < -0.3 is 10.1 Å². The van der Waals surface area contributed by atoms with Crippen LogP contribution in [0.5, 0.6) is 5.75 Å². The minimum absolute atomic E-state index is 0.00381. The largest absolute Gasteiger partial charge is 0.493 e. The van der Waals surface area contributed by atoms with Gasteiger partial charge in [0.15, 0.2) is 0 Å². The number of ether oxygens (including phenoxy) is 1. The summed E-state index contributed by atoms with van der Waals surface area (Å²) in [7, 11) is 1.93. The van der Waals surface area contributed by atoms with Crippen LogP contribution in [-0.2, 0) is 6.42 Å². The Balaban J connectivity index is 2.10. The first-order valence-electron chi connectivity index (χ1n) is 6.67. The van der Waals surface area contributed by atoms with Crippen LogP contribution in [0.4, 0.5) is 0 Å². The molecule has 0 saturated carbocycles. The first kappa shape index (κ1) is 15.2. The van der Waals surface area contributed by atoms with Crippen molar-refractivity contribution in [1.29, 1.82) is 0 Å². The van der Waals surface area contributed by atoms with E-state index < -0.39 is 0 Å². The Morgan fingerprint density at radius 3 is 2.71 bits per heavy atom. The highest BCUT2D eigenvalue weighted by Gasteiger charge is 2.24. The summed E-state index contributed by atoms with van der Waals surface area (Å²) in [5.41, 5.74) is 3.40. The van der Waals surface area contributed by atoms with Crippen molar-refractivity contribution in [3.05, 3.63) is 61.5 Å². The molecule has 1 aliphatic rings. The Morgan fingerprint density at radius 1 is 1.19 bits per heavy atom. The summed E-state index contributed by atoms with van der Waals surface area (Å²) in [6.45, 7) is 0.733. The summed E-state index contributed by atoms with van der Waals surface area (Å²) in [6.07, 6.45) is 0.944. The summed E-state index contributed by atoms with van der Waals surface area (Å²) in [6, 6.07) is 9.92. The first-order chi connectivity index (χ1) is 10.1. The summed E-state index contributed by atoms with van der Waals surface area (Å²) in [4.78, 5) is 0. The number of halogens is 3. The van der Waals surface area contributed by atoms with Gasteiger partial charge in [-0.2, -0.15) is 0 Å². The van der Waals surface area contributed by atoms with Crippen LogP contribution in [0.25, 0.3) is 0 Å². The lowest BCUT2D eigenvalue weighted by Gasteiger charge is -2.20. The molecule has 2 aromatic carbocycles. The second-order valence-electron chi connectivity index (χ2n) is 4.98. The van der Waals surface area contributed by atoms with E-state index in [1.165, 1.54) is 5.56 Å². The van der Waals surface area contributed by atoms with E-state index in [4.69, 9.17) is 27.9 Å². The van der Waals surface area contributed by atoms with Crippen molar-refractivity contribution in [2.45, 2.75) is 12.5 Å². The Hall–Kier alpha value is -0.740. The molecule has 2 nitrogen and oxygen atoms in total.